The lowest BCUT2D eigenvalue weighted by atomic mass is 10.1. The summed E-state index contributed by atoms with van der Waals surface area (Å²) < 4.78 is 53.8. The number of halogens is 1. The Bertz CT molecular complexity index is 1430. The van der Waals surface area contributed by atoms with E-state index in [0.29, 0.717) is 5.75 Å². The first-order valence-corrected chi connectivity index (χ1v) is 13.5. The van der Waals surface area contributed by atoms with Crippen LogP contribution in [-0.4, -0.2) is 59.0 Å². The molecule has 208 valence electrons. The molecule has 39 heavy (non-hydrogen) atoms. The molecule has 9 nitrogen and oxygen atoms in total. The Kier molecular flexibility index (Phi) is 9.52. The summed E-state index contributed by atoms with van der Waals surface area (Å²) in [4.78, 5) is 27.4. The maximum Gasteiger partial charge on any atom is 0.264 e. The number of nitrogens with zero attached hydrogens (tertiary/aromatic N) is 2. The van der Waals surface area contributed by atoms with Gasteiger partial charge >= 0.3 is 0 Å². The lowest BCUT2D eigenvalue weighted by molar-refractivity contribution is -0.139. The van der Waals surface area contributed by atoms with Crippen LogP contribution in [-0.2, 0) is 26.2 Å². The van der Waals surface area contributed by atoms with Crippen LogP contribution in [0.1, 0.15) is 18.1 Å². The van der Waals surface area contributed by atoms with Gasteiger partial charge in [-0.3, -0.25) is 13.9 Å². The standard InChI is InChI=1S/C28H32FN3O6S/c1-19-10-13-23(14-11-19)39(35,36)32(22-12-15-25(37-4)26(16-22)38-5)18-27(33)31(20(2)28(34)30-3)17-21-8-6-7-9-24(21)29/h6-16,20H,17-18H2,1-5H3,(H,30,34)/t20-/m0/s1. The van der Waals surface area contributed by atoms with E-state index >= 15 is 0 Å². The Hall–Kier alpha value is -4.12. The van der Waals surface area contributed by atoms with E-state index in [1.807, 2.05) is 6.92 Å². The van der Waals surface area contributed by atoms with Gasteiger partial charge in [-0.15, -0.1) is 0 Å². The van der Waals surface area contributed by atoms with E-state index in [2.05, 4.69) is 5.32 Å². The number of carbonyl (C=O) groups is 2. The molecule has 3 aromatic carbocycles. The molecule has 0 radical (unpaired) electrons. The molecule has 3 aromatic rings. The molecule has 0 aliphatic carbocycles. The van der Waals surface area contributed by atoms with Gasteiger partial charge in [-0.2, -0.15) is 0 Å². The molecule has 0 saturated heterocycles. The van der Waals surface area contributed by atoms with Gasteiger partial charge in [0, 0.05) is 25.2 Å². The summed E-state index contributed by atoms with van der Waals surface area (Å²) in [7, 11) is 0.0139. The molecule has 0 aliphatic rings. The van der Waals surface area contributed by atoms with Crippen molar-refractivity contribution < 1.29 is 31.9 Å². The largest absolute Gasteiger partial charge is 0.493 e. The van der Waals surface area contributed by atoms with Crippen molar-refractivity contribution in [1.82, 2.24) is 10.2 Å². The average Bonchev–Trinajstić information content (AvgIpc) is 2.94. The third-order valence-electron chi connectivity index (χ3n) is 6.26. The number of rotatable bonds is 11. The maximum atomic E-state index is 14.5. The van der Waals surface area contributed by atoms with Crippen LogP contribution in [0.25, 0.3) is 0 Å². The Morgan fingerprint density at radius 3 is 2.21 bits per heavy atom. The molecule has 0 saturated carbocycles. The van der Waals surface area contributed by atoms with Gasteiger partial charge in [0.2, 0.25) is 11.8 Å². The van der Waals surface area contributed by atoms with Crippen LogP contribution in [0.2, 0.25) is 0 Å². The average molecular weight is 558 g/mol. The molecule has 0 aromatic heterocycles. The minimum Gasteiger partial charge on any atom is -0.493 e. The van der Waals surface area contributed by atoms with Crippen LogP contribution >= 0.6 is 0 Å². The fourth-order valence-electron chi connectivity index (χ4n) is 3.95. The van der Waals surface area contributed by atoms with Gasteiger partial charge in [-0.05, 0) is 44.2 Å². The second kappa shape index (κ2) is 12.6. The topological polar surface area (TPSA) is 105 Å². The van der Waals surface area contributed by atoms with E-state index in [9.17, 15) is 22.4 Å². The molecule has 0 unspecified atom stereocenters. The van der Waals surface area contributed by atoms with Crippen LogP contribution in [0.4, 0.5) is 10.1 Å². The molecule has 0 bridgehead atoms. The smallest absolute Gasteiger partial charge is 0.264 e. The summed E-state index contributed by atoms with van der Waals surface area (Å²) in [5, 5.41) is 2.49. The van der Waals surface area contributed by atoms with Crippen molar-refractivity contribution >= 4 is 27.5 Å². The highest BCUT2D eigenvalue weighted by Gasteiger charge is 2.33. The molecule has 0 spiro atoms. The number of amides is 2. The van der Waals surface area contributed by atoms with Gasteiger partial charge in [0.25, 0.3) is 10.0 Å². The van der Waals surface area contributed by atoms with Crippen LogP contribution in [0, 0.1) is 12.7 Å². The molecule has 11 heteroatoms. The summed E-state index contributed by atoms with van der Waals surface area (Å²) in [6.45, 7) is 2.41. The zero-order chi connectivity index (χ0) is 28.7. The Morgan fingerprint density at radius 1 is 0.974 bits per heavy atom. The van der Waals surface area contributed by atoms with Gasteiger partial charge in [0.1, 0.15) is 18.4 Å². The summed E-state index contributed by atoms with van der Waals surface area (Å²) in [6.07, 6.45) is 0. The third kappa shape index (κ3) is 6.66. The SMILES string of the molecule is CNC(=O)[C@H](C)N(Cc1ccccc1F)C(=O)CN(c1ccc(OC)c(OC)c1)S(=O)(=O)c1ccc(C)cc1. The molecule has 3 rings (SSSR count). The third-order valence-corrected chi connectivity index (χ3v) is 8.04. The Labute approximate surface area is 228 Å². The molecule has 0 aliphatic heterocycles. The van der Waals surface area contributed by atoms with Gasteiger partial charge in [-0.1, -0.05) is 35.9 Å². The van der Waals surface area contributed by atoms with Crippen LogP contribution in [0.5, 0.6) is 11.5 Å². The van der Waals surface area contributed by atoms with Gasteiger partial charge in [0.15, 0.2) is 11.5 Å². The number of nitrogens with one attached hydrogen (secondary N) is 1. The molecule has 2 amide bonds. The Morgan fingerprint density at radius 2 is 1.62 bits per heavy atom. The van der Waals surface area contributed by atoms with Crippen molar-refractivity contribution in [3.63, 3.8) is 0 Å². The van der Waals surface area contributed by atoms with E-state index < -0.39 is 40.2 Å². The predicted molar refractivity (Wildman–Crippen MR) is 146 cm³/mol. The molecule has 0 heterocycles. The number of methoxy groups -OCH3 is 2. The fourth-order valence-corrected chi connectivity index (χ4v) is 5.35. The number of anilines is 1. The van der Waals surface area contributed by atoms with E-state index in [1.54, 1.807) is 18.2 Å². The molecule has 1 N–H and O–H groups in total. The van der Waals surface area contributed by atoms with Crippen LogP contribution in [0.3, 0.4) is 0 Å². The Balaban J connectivity index is 2.10. The number of aryl methyl sites for hydroxylation is 1. The first-order valence-electron chi connectivity index (χ1n) is 12.1. The fraction of sp³-hybridized carbons (Fsp3) is 0.286. The maximum absolute atomic E-state index is 14.5. The highest BCUT2D eigenvalue weighted by molar-refractivity contribution is 7.92. The first-order chi connectivity index (χ1) is 18.5. The predicted octanol–water partition coefficient (Wildman–Crippen LogP) is 3.51. The van der Waals surface area contributed by atoms with E-state index in [1.165, 1.54) is 76.7 Å². The van der Waals surface area contributed by atoms with Gasteiger partial charge < -0.3 is 19.7 Å². The van der Waals surface area contributed by atoms with Gasteiger partial charge in [0.05, 0.1) is 24.8 Å². The van der Waals surface area contributed by atoms with Crippen LogP contribution in [0.15, 0.2) is 71.6 Å². The number of hydrogen-bond donors (Lipinski definition) is 1. The number of benzene rings is 3. The zero-order valence-electron chi connectivity index (χ0n) is 22.5. The summed E-state index contributed by atoms with van der Waals surface area (Å²) >= 11 is 0. The number of ether oxygens (including phenoxy) is 2. The van der Waals surface area contributed by atoms with E-state index in [0.717, 1.165) is 14.8 Å². The number of likely N-dealkylation sites (N-methyl/N-ethyl adjacent to an activating group) is 1. The van der Waals surface area contributed by atoms with Crippen molar-refractivity contribution in [3.05, 3.63) is 83.7 Å². The van der Waals surface area contributed by atoms with Gasteiger partial charge in [-0.25, -0.2) is 12.8 Å². The van der Waals surface area contributed by atoms with Crippen molar-refractivity contribution in [1.29, 1.82) is 0 Å². The highest BCUT2D eigenvalue weighted by Crippen LogP contribution is 2.34. The van der Waals surface area contributed by atoms with E-state index in [4.69, 9.17) is 9.47 Å². The molecule has 0 fully saturated rings. The minimum absolute atomic E-state index is 0.0318. The lowest BCUT2D eigenvalue weighted by Gasteiger charge is -2.32. The minimum atomic E-state index is -4.26. The molecular weight excluding hydrogens is 525 g/mol. The summed E-state index contributed by atoms with van der Waals surface area (Å²) in [5.74, 6) is -1.12. The summed E-state index contributed by atoms with van der Waals surface area (Å²) in [5.41, 5.74) is 1.18. The second-order valence-corrected chi connectivity index (χ2v) is 10.6. The molecule has 1 atom stereocenters. The number of carbonyl (C=O) groups excluding carboxylic acids is 2. The normalized spacial score (nSPS) is 11.8. The van der Waals surface area contributed by atoms with Crippen molar-refractivity contribution in [3.8, 4) is 11.5 Å². The lowest BCUT2D eigenvalue weighted by Crippen LogP contribution is -2.50. The zero-order valence-corrected chi connectivity index (χ0v) is 23.3. The monoisotopic (exact) mass is 557 g/mol. The van der Waals surface area contributed by atoms with Crippen molar-refractivity contribution in [2.75, 3.05) is 32.1 Å². The quantitative estimate of drug-likeness (QED) is 0.387. The first kappa shape index (κ1) is 29.4. The number of hydrogen-bond acceptors (Lipinski definition) is 6. The number of sulfonamides is 1. The van der Waals surface area contributed by atoms with Crippen molar-refractivity contribution in [2.24, 2.45) is 0 Å². The molecular formula is C28H32FN3O6S. The van der Waals surface area contributed by atoms with Crippen molar-refractivity contribution in [2.45, 2.75) is 31.3 Å². The highest BCUT2D eigenvalue weighted by atomic mass is 32.2. The summed E-state index contributed by atoms with van der Waals surface area (Å²) in [6, 6.07) is 15.5. The van der Waals surface area contributed by atoms with E-state index in [-0.39, 0.29) is 28.4 Å². The second-order valence-electron chi connectivity index (χ2n) is 8.77. The van der Waals surface area contributed by atoms with Crippen LogP contribution < -0.4 is 19.1 Å².